The summed E-state index contributed by atoms with van der Waals surface area (Å²) in [5.41, 5.74) is 11.2. The van der Waals surface area contributed by atoms with Gasteiger partial charge in [-0.05, 0) is 50.1 Å². The largest absolute Gasteiger partial charge is 0.228 e. The van der Waals surface area contributed by atoms with Gasteiger partial charge >= 0.3 is 0 Å². The molecular formula is C31H26N2. The van der Waals surface area contributed by atoms with Gasteiger partial charge in [-0.3, -0.25) is 0 Å². The van der Waals surface area contributed by atoms with Crippen molar-refractivity contribution in [2.24, 2.45) is 0 Å². The molecule has 0 saturated heterocycles. The smallest absolute Gasteiger partial charge is 0.160 e. The molecule has 160 valence electrons. The molecule has 5 aromatic rings. The van der Waals surface area contributed by atoms with Crippen molar-refractivity contribution in [1.29, 1.82) is 0 Å². The quantitative estimate of drug-likeness (QED) is 0.290. The van der Waals surface area contributed by atoms with Crippen LogP contribution in [-0.2, 0) is 0 Å². The van der Waals surface area contributed by atoms with E-state index in [0.717, 1.165) is 33.9 Å². The van der Waals surface area contributed by atoms with Gasteiger partial charge in [0.05, 0.1) is 11.4 Å². The van der Waals surface area contributed by atoms with Crippen LogP contribution in [0, 0.1) is 20.8 Å². The fourth-order valence-electron chi connectivity index (χ4n) is 4.12. The van der Waals surface area contributed by atoms with E-state index in [1.807, 2.05) is 0 Å². The molecule has 5 rings (SSSR count). The summed E-state index contributed by atoms with van der Waals surface area (Å²) >= 11 is 0. The Morgan fingerprint density at radius 1 is 0.394 bits per heavy atom. The second-order valence-electron chi connectivity index (χ2n) is 8.65. The Balaban J connectivity index is 1.62. The van der Waals surface area contributed by atoms with Crippen molar-refractivity contribution in [2.75, 3.05) is 0 Å². The maximum absolute atomic E-state index is 4.97. The van der Waals surface area contributed by atoms with Gasteiger partial charge in [-0.1, -0.05) is 102 Å². The molecule has 0 radical (unpaired) electrons. The number of aromatic nitrogens is 2. The third kappa shape index (κ3) is 4.61. The van der Waals surface area contributed by atoms with Gasteiger partial charge in [-0.2, -0.15) is 0 Å². The molecule has 0 atom stereocenters. The molecular weight excluding hydrogens is 400 g/mol. The predicted molar refractivity (Wildman–Crippen MR) is 138 cm³/mol. The van der Waals surface area contributed by atoms with E-state index < -0.39 is 0 Å². The Labute approximate surface area is 195 Å². The lowest BCUT2D eigenvalue weighted by Gasteiger charge is -2.11. The first kappa shape index (κ1) is 20.8. The highest BCUT2D eigenvalue weighted by molar-refractivity contribution is 5.74. The lowest BCUT2D eigenvalue weighted by Crippen LogP contribution is -1.96. The van der Waals surface area contributed by atoms with E-state index in [4.69, 9.17) is 9.97 Å². The molecule has 1 heterocycles. The average molecular weight is 427 g/mol. The van der Waals surface area contributed by atoms with Gasteiger partial charge in [0.25, 0.3) is 0 Å². The zero-order valence-corrected chi connectivity index (χ0v) is 19.2. The van der Waals surface area contributed by atoms with Crippen LogP contribution in [0.25, 0.3) is 45.0 Å². The van der Waals surface area contributed by atoms with Crippen molar-refractivity contribution in [3.8, 4) is 45.0 Å². The number of nitrogens with zero attached hydrogens (tertiary/aromatic N) is 2. The van der Waals surface area contributed by atoms with Crippen LogP contribution < -0.4 is 0 Å². The maximum Gasteiger partial charge on any atom is 0.160 e. The van der Waals surface area contributed by atoms with Crippen molar-refractivity contribution < 1.29 is 0 Å². The summed E-state index contributed by atoms with van der Waals surface area (Å²) in [6.45, 7) is 6.34. The van der Waals surface area contributed by atoms with Gasteiger partial charge in [0.1, 0.15) is 0 Å². The highest BCUT2D eigenvalue weighted by atomic mass is 14.9. The Morgan fingerprint density at radius 3 is 1.30 bits per heavy atom. The highest BCUT2D eigenvalue weighted by Gasteiger charge is 2.11. The molecule has 0 unspecified atom stereocenters. The van der Waals surface area contributed by atoms with Crippen molar-refractivity contribution in [3.63, 3.8) is 0 Å². The van der Waals surface area contributed by atoms with Crippen LogP contribution in [0.1, 0.15) is 16.7 Å². The van der Waals surface area contributed by atoms with Gasteiger partial charge in [-0.25, -0.2) is 9.97 Å². The van der Waals surface area contributed by atoms with E-state index in [0.29, 0.717) is 0 Å². The van der Waals surface area contributed by atoms with Crippen LogP contribution in [-0.4, -0.2) is 9.97 Å². The Bertz CT molecular complexity index is 1370. The molecule has 2 heteroatoms. The number of hydrogen-bond donors (Lipinski definition) is 0. The first-order valence-electron chi connectivity index (χ1n) is 11.3. The van der Waals surface area contributed by atoms with E-state index in [1.165, 1.54) is 27.8 Å². The summed E-state index contributed by atoms with van der Waals surface area (Å²) in [7, 11) is 0. The van der Waals surface area contributed by atoms with Gasteiger partial charge in [-0.15, -0.1) is 0 Å². The standard InChI is InChI=1S/C31H26N2/c1-21-7-4-10-26(17-21)24-13-15-25(16-14-24)31-32-29(27-11-5-8-22(2)18-27)20-30(33-31)28-12-6-9-23(3)19-28/h4-20H,1-3H3. The fraction of sp³-hybridized carbons (Fsp3) is 0.0968. The van der Waals surface area contributed by atoms with E-state index in [-0.39, 0.29) is 0 Å². The summed E-state index contributed by atoms with van der Waals surface area (Å²) in [5.74, 6) is 0.737. The molecule has 0 bridgehead atoms. The molecule has 0 saturated carbocycles. The van der Waals surface area contributed by atoms with Gasteiger partial charge in [0, 0.05) is 16.7 Å². The zero-order chi connectivity index (χ0) is 22.8. The number of hydrogen-bond acceptors (Lipinski definition) is 2. The van der Waals surface area contributed by atoms with Crippen LogP contribution in [0.15, 0.2) is 103 Å². The molecule has 0 aliphatic heterocycles. The average Bonchev–Trinajstić information content (AvgIpc) is 2.84. The van der Waals surface area contributed by atoms with Crippen LogP contribution >= 0.6 is 0 Å². The van der Waals surface area contributed by atoms with Crippen molar-refractivity contribution in [1.82, 2.24) is 9.97 Å². The normalized spacial score (nSPS) is 10.9. The summed E-state index contributed by atoms with van der Waals surface area (Å²) in [4.78, 5) is 9.94. The lowest BCUT2D eigenvalue weighted by molar-refractivity contribution is 1.18. The van der Waals surface area contributed by atoms with Crippen LogP contribution in [0.3, 0.4) is 0 Å². The van der Waals surface area contributed by atoms with Gasteiger partial charge in [0.2, 0.25) is 0 Å². The number of benzene rings is 4. The lowest BCUT2D eigenvalue weighted by atomic mass is 10.0. The van der Waals surface area contributed by atoms with E-state index in [9.17, 15) is 0 Å². The molecule has 0 aliphatic rings. The van der Waals surface area contributed by atoms with Crippen LogP contribution in [0.4, 0.5) is 0 Å². The highest BCUT2D eigenvalue weighted by Crippen LogP contribution is 2.29. The minimum Gasteiger partial charge on any atom is -0.228 e. The molecule has 2 nitrogen and oxygen atoms in total. The summed E-state index contributed by atoms with van der Waals surface area (Å²) in [6.07, 6.45) is 0. The predicted octanol–water partition coefficient (Wildman–Crippen LogP) is 8.07. The zero-order valence-electron chi connectivity index (χ0n) is 19.2. The summed E-state index contributed by atoms with van der Waals surface area (Å²) in [5, 5.41) is 0. The number of aryl methyl sites for hydroxylation is 3. The summed E-state index contributed by atoms with van der Waals surface area (Å²) in [6, 6.07) is 36.1. The van der Waals surface area contributed by atoms with Crippen molar-refractivity contribution in [2.45, 2.75) is 20.8 Å². The van der Waals surface area contributed by atoms with Crippen LogP contribution in [0.5, 0.6) is 0 Å². The Hall–Kier alpha value is -4.04. The van der Waals surface area contributed by atoms with Gasteiger partial charge in [0.15, 0.2) is 5.82 Å². The monoisotopic (exact) mass is 426 g/mol. The second kappa shape index (κ2) is 8.84. The first-order valence-corrected chi connectivity index (χ1v) is 11.3. The minimum absolute atomic E-state index is 0.737. The Kier molecular flexibility index (Phi) is 5.58. The SMILES string of the molecule is Cc1cccc(-c2ccc(-c3nc(-c4cccc(C)c4)cc(-c4cccc(C)c4)n3)cc2)c1. The number of rotatable bonds is 4. The third-order valence-electron chi connectivity index (χ3n) is 5.85. The molecule has 0 aliphatic carbocycles. The molecule has 4 aromatic carbocycles. The van der Waals surface area contributed by atoms with Crippen LogP contribution in [0.2, 0.25) is 0 Å². The van der Waals surface area contributed by atoms with Crippen molar-refractivity contribution in [3.05, 3.63) is 120 Å². The molecule has 1 aromatic heterocycles. The van der Waals surface area contributed by atoms with Gasteiger partial charge < -0.3 is 0 Å². The second-order valence-corrected chi connectivity index (χ2v) is 8.65. The summed E-state index contributed by atoms with van der Waals surface area (Å²) < 4.78 is 0. The van der Waals surface area contributed by atoms with E-state index in [2.05, 4.69) is 124 Å². The molecule has 0 fully saturated rings. The first-order chi connectivity index (χ1) is 16.0. The minimum atomic E-state index is 0.737. The van der Waals surface area contributed by atoms with E-state index >= 15 is 0 Å². The molecule has 33 heavy (non-hydrogen) atoms. The molecule has 0 N–H and O–H groups in total. The third-order valence-corrected chi connectivity index (χ3v) is 5.85. The van der Waals surface area contributed by atoms with Crippen molar-refractivity contribution >= 4 is 0 Å². The maximum atomic E-state index is 4.97. The molecule has 0 spiro atoms. The topological polar surface area (TPSA) is 25.8 Å². The van der Waals surface area contributed by atoms with E-state index in [1.54, 1.807) is 0 Å². The Morgan fingerprint density at radius 2 is 0.818 bits per heavy atom. The fourth-order valence-corrected chi connectivity index (χ4v) is 4.12. The molecule has 0 amide bonds.